The van der Waals surface area contributed by atoms with E-state index in [4.69, 9.17) is 0 Å². The maximum atomic E-state index is 10.8. The minimum absolute atomic E-state index is 0.254. The van der Waals surface area contributed by atoms with Crippen LogP contribution in [0, 0.1) is 0 Å². The average Bonchev–Trinajstić information content (AvgIpc) is 3.39. The predicted molar refractivity (Wildman–Crippen MR) is 154 cm³/mol. The lowest BCUT2D eigenvalue weighted by atomic mass is 9.73. The number of benzene rings is 5. The van der Waals surface area contributed by atoms with Gasteiger partial charge in [-0.3, -0.25) is 0 Å². The molecule has 0 aliphatic carbocycles. The van der Waals surface area contributed by atoms with Crippen LogP contribution in [0.2, 0.25) is 0 Å². The van der Waals surface area contributed by atoms with Crippen LogP contribution in [0.25, 0.3) is 32.3 Å². The van der Waals surface area contributed by atoms with Gasteiger partial charge in [0.25, 0.3) is 0 Å². The van der Waals surface area contributed by atoms with Crippen LogP contribution in [0.5, 0.6) is 11.5 Å². The van der Waals surface area contributed by atoms with Gasteiger partial charge < -0.3 is 10.2 Å². The number of phenolic OH excluding ortho intramolecular Hbond substituents is 2. The van der Waals surface area contributed by atoms with Gasteiger partial charge in [0.15, 0.2) is 0 Å². The van der Waals surface area contributed by atoms with Crippen LogP contribution in [0.15, 0.2) is 127 Å². The summed E-state index contributed by atoms with van der Waals surface area (Å²) in [5.41, 5.74) is 5.14. The van der Waals surface area contributed by atoms with E-state index in [1.807, 2.05) is 72.8 Å². The maximum Gasteiger partial charge on any atom is 0.123 e. The molecule has 0 fully saturated rings. The summed E-state index contributed by atoms with van der Waals surface area (Å²) >= 11 is 1.78. The Morgan fingerprint density at radius 1 is 0.541 bits per heavy atom. The predicted octanol–water partition coefficient (Wildman–Crippen LogP) is 9.00. The van der Waals surface area contributed by atoms with Gasteiger partial charge in [-0.25, -0.2) is 0 Å². The SMILES string of the molecule is CC(c1ccc(O)c(-c2ccccc2)c1)(c1ccc(O)c(-c2ccccc2)c1)c1cc2ccccc2s1. The van der Waals surface area contributed by atoms with Gasteiger partial charge in [0.1, 0.15) is 11.5 Å². The minimum Gasteiger partial charge on any atom is -0.507 e. The van der Waals surface area contributed by atoms with Crippen LogP contribution in [-0.2, 0) is 5.41 Å². The van der Waals surface area contributed by atoms with Gasteiger partial charge in [-0.1, -0.05) is 91.0 Å². The van der Waals surface area contributed by atoms with E-state index in [0.29, 0.717) is 0 Å². The molecular formula is C34H26O2S. The summed E-state index contributed by atoms with van der Waals surface area (Å²) in [5.74, 6) is 0.508. The van der Waals surface area contributed by atoms with E-state index in [2.05, 4.69) is 49.4 Å². The zero-order chi connectivity index (χ0) is 25.4. The van der Waals surface area contributed by atoms with Crippen molar-refractivity contribution in [3.05, 3.63) is 143 Å². The van der Waals surface area contributed by atoms with Crippen LogP contribution in [0.3, 0.4) is 0 Å². The van der Waals surface area contributed by atoms with Gasteiger partial charge in [0, 0.05) is 20.7 Å². The fourth-order valence-electron chi connectivity index (χ4n) is 5.07. The van der Waals surface area contributed by atoms with Crippen molar-refractivity contribution >= 4 is 21.4 Å². The Hall–Kier alpha value is -4.34. The highest BCUT2D eigenvalue weighted by atomic mass is 32.1. The monoisotopic (exact) mass is 498 g/mol. The fourth-order valence-corrected chi connectivity index (χ4v) is 6.33. The quantitative estimate of drug-likeness (QED) is 0.249. The minimum atomic E-state index is -0.530. The number of thiophene rings is 1. The van der Waals surface area contributed by atoms with Crippen LogP contribution in [-0.4, -0.2) is 10.2 Å². The van der Waals surface area contributed by atoms with Gasteiger partial charge in [0.05, 0.1) is 5.41 Å². The molecule has 0 spiro atoms. The van der Waals surface area contributed by atoms with Gasteiger partial charge in [-0.05, 0) is 71.0 Å². The lowest BCUT2D eigenvalue weighted by Gasteiger charge is -2.31. The van der Waals surface area contributed by atoms with Gasteiger partial charge in [-0.2, -0.15) is 0 Å². The van der Waals surface area contributed by atoms with Crippen molar-refractivity contribution < 1.29 is 10.2 Å². The molecule has 0 amide bonds. The summed E-state index contributed by atoms with van der Waals surface area (Å²) in [6.07, 6.45) is 0. The van der Waals surface area contributed by atoms with E-state index < -0.39 is 5.41 Å². The normalized spacial score (nSPS) is 11.6. The Labute approximate surface area is 220 Å². The van der Waals surface area contributed by atoms with Crippen LogP contribution < -0.4 is 0 Å². The molecule has 0 unspecified atom stereocenters. The molecule has 2 N–H and O–H groups in total. The van der Waals surface area contributed by atoms with E-state index in [9.17, 15) is 10.2 Å². The highest BCUT2D eigenvalue weighted by Crippen LogP contribution is 2.47. The standard InChI is InChI=1S/C34H26O2S/c1-34(33-20-25-14-8-9-15-32(25)37-33,26-16-18-30(35)28(21-26)23-10-4-2-5-11-23)27-17-19-31(36)29(22-27)24-12-6-3-7-13-24/h2-22,35-36H,1H3. The molecule has 0 aliphatic rings. The topological polar surface area (TPSA) is 40.5 Å². The smallest absolute Gasteiger partial charge is 0.123 e. The van der Waals surface area contributed by atoms with Crippen LogP contribution in [0.1, 0.15) is 22.9 Å². The third kappa shape index (κ3) is 4.08. The van der Waals surface area contributed by atoms with E-state index in [-0.39, 0.29) is 11.5 Å². The molecule has 6 aromatic rings. The molecule has 1 heterocycles. The highest BCUT2D eigenvalue weighted by Gasteiger charge is 2.34. The summed E-state index contributed by atoms with van der Waals surface area (Å²) in [5, 5.41) is 22.8. The van der Waals surface area contributed by atoms with E-state index in [0.717, 1.165) is 33.4 Å². The van der Waals surface area contributed by atoms with Gasteiger partial charge in [-0.15, -0.1) is 11.3 Å². The van der Waals surface area contributed by atoms with Crippen molar-refractivity contribution in [2.45, 2.75) is 12.3 Å². The molecule has 1 aromatic heterocycles. The van der Waals surface area contributed by atoms with E-state index in [1.54, 1.807) is 23.5 Å². The average molecular weight is 499 g/mol. The maximum absolute atomic E-state index is 10.8. The summed E-state index contributed by atoms with van der Waals surface area (Å²) < 4.78 is 1.23. The summed E-state index contributed by atoms with van der Waals surface area (Å²) in [6.45, 7) is 2.24. The van der Waals surface area contributed by atoms with E-state index in [1.165, 1.54) is 15.0 Å². The van der Waals surface area contributed by atoms with Crippen molar-refractivity contribution in [1.82, 2.24) is 0 Å². The summed E-state index contributed by atoms with van der Waals surface area (Å²) in [7, 11) is 0. The summed E-state index contributed by atoms with van der Waals surface area (Å²) in [6, 6.07) is 42.5. The third-order valence-electron chi connectivity index (χ3n) is 7.24. The lowest BCUT2D eigenvalue weighted by molar-refractivity contribution is 0.476. The molecule has 0 bridgehead atoms. The Balaban J connectivity index is 1.61. The van der Waals surface area contributed by atoms with Crippen molar-refractivity contribution in [3.63, 3.8) is 0 Å². The Morgan fingerprint density at radius 3 is 1.54 bits per heavy atom. The lowest BCUT2D eigenvalue weighted by Crippen LogP contribution is -2.24. The number of hydrogen-bond donors (Lipinski definition) is 2. The fraction of sp³-hybridized carbons (Fsp3) is 0.0588. The molecule has 3 heteroatoms. The molecular weight excluding hydrogens is 472 g/mol. The number of fused-ring (bicyclic) bond motifs is 1. The number of phenols is 2. The molecule has 0 aliphatic heterocycles. The molecule has 180 valence electrons. The number of rotatable bonds is 5. The Kier molecular flexibility index (Phi) is 5.78. The molecule has 5 aromatic carbocycles. The molecule has 0 saturated carbocycles. The largest absolute Gasteiger partial charge is 0.507 e. The molecule has 6 rings (SSSR count). The van der Waals surface area contributed by atoms with Crippen molar-refractivity contribution in [1.29, 1.82) is 0 Å². The zero-order valence-electron chi connectivity index (χ0n) is 20.4. The van der Waals surface area contributed by atoms with Crippen LogP contribution in [0.4, 0.5) is 0 Å². The first-order chi connectivity index (χ1) is 18.0. The number of aromatic hydroxyl groups is 2. The molecule has 2 nitrogen and oxygen atoms in total. The first-order valence-corrected chi connectivity index (χ1v) is 13.1. The molecule has 0 saturated heterocycles. The second-order valence-corrected chi connectivity index (χ2v) is 10.6. The first kappa shape index (κ1) is 23.1. The second kappa shape index (κ2) is 9.27. The molecule has 0 radical (unpaired) electrons. The Bertz CT molecular complexity index is 1580. The van der Waals surface area contributed by atoms with Crippen molar-refractivity contribution in [2.24, 2.45) is 0 Å². The van der Waals surface area contributed by atoms with Crippen LogP contribution >= 0.6 is 11.3 Å². The summed E-state index contributed by atoms with van der Waals surface area (Å²) in [4.78, 5) is 1.20. The van der Waals surface area contributed by atoms with Crippen molar-refractivity contribution in [2.75, 3.05) is 0 Å². The van der Waals surface area contributed by atoms with Gasteiger partial charge in [0.2, 0.25) is 0 Å². The van der Waals surface area contributed by atoms with Gasteiger partial charge >= 0.3 is 0 Å². The highest BCUT2D eigenvalue weighted by molar-refractivity contribution is 7.19. The van der Waals surface area contributed by atoms with E-state index >= 15 is 0 Å². The Morgan fingerprint density at radius 2 is 1.03 bits per heavy atom. The first-order valence-electron chi connectivity index (χ1n) is 12.3. The number of hydrogen-bond acceptors (Lipinski definition) is 3. The molecule has 0 atom stereocenters. The van der Waals surface area contributed by atoms with Crippen molar-refractivity contribution in [3.8, 4) is 33.8 Å². The zero-order valence-corrected chi connectivity index (χ0v) is 21.2. The third-order valence-corrected chi connectivity index (χ3v) is 8.57. The molecule has 37 heavy (non-hydrogen) atoms. The second-order valence-electron chi connectivity index (χ2n) is 9.47.